The standard InChI is InChI=1S/C22H23N3O3/c1-15(2)23-20(26)14-28-22(27)19-13-25(18-10-5-4-6-11-18)24-21(19)17-9-7-8-16(3)12-17/h4-13,15H,14H2,1-3H3,(H,23,26). The molecule has 0 radical (unpaired) electrons. The molecule has 144 valence electrons. The zero-order chi connectivity index (χ0) is 20.1. The average Bonchev–Trinajstić information content (AvgIpc) is 3.12. The molecule has 0 aliphatic rings. The predicted octanol–water partition coefficient (Wildman–Crippen LogP) is 3.53. The predicted molar refractivity (Wildman–Crippen MR) is 107 cm³/mol. The fraction of sp³-hybridized carbons (Fsp3) is 0.227. The Morgan fingerprint density at radius 3 is 2.54 bits per heavy atom. The van der Waals surface area contributed by atoms with Crippen LogP contribution in [-0.4, -0.2) is 34.3 Å². The van der Waals surface area contributed by atoms with E-state index in [1.807, 2.05) is 75.4 Å². The molecule has 0 atom stereocenters. The molecular weight excluding hydrogens is 354 g/mol. The lowest BCUT2D eigenvalue weighted by Crippen LogP contribution is -2.34. The summed E-state index contributed by atoms with van der Waals surface area (Å²) in [7, 11) is 0. The first kappa shape index (κ1) is 19.4. The first-order chi connectivity index (χ1) is 13.4. The lowest BCUT2D eigenvalue weighted by atomic mass is 10.1. The van der Waals surface area contributed by atoms with Crippen molar-refractivity contribution in [2.24, 2.45) is 0 Å². The van der Waals surface area contributed by atoms with Gasteiger partial charge in [0.15, 0.2) is 6.61 Å². The third kappa shape index (κ3) is 4.65. The minimum Gasteiger partial charge on any atom is -0.452 e. The van der Waals surface area contributed by atoms with Crippen molar-refractivity contribution in [2.45, 2.75) is 26.8 Å². The van der Waals surface area contributed by atoms with Crippen LogP contribution >= 0.6 is 0 Å². The van der Waals surface area contributed by atoms with Gasteiger partial charge in [0.1, 0.15) is 11.3 Å². The van der Waals surface area contributed by atoms with Crippen molar-refractivity contribution < 1.29 is 14.3 Å². The fourth-order valence-corrected chi connectivity index (χ4v) is 2.81. The molecule has 3 aromatic rings. The number of hydrogen-bond acceptors (Lipinski definition) is 4. The van der Waals surface area contributed by atoms with Crippen molar-refractivity contribution in [3.63, 3.8) is 0 Å². The Balaban J connectivity index is 1.93. The van der Waals surface area contributed by atoms with Gasteiger partial charge in [-0.1, -0.05) is 42.0 Å². The van der Waals surface area contributed by atoms with Crippen LogP contribution in [0, 0.1) is 6.92 Å². The number of amides is 1. The molecule has 6 nitrogen and oxygen atoms in total. The summed E-state index contributed by atoms with van der Waals surface area (Å²) in [5, 5.41) is 7.30. The second-order valence-electron chi connectivity index (χ2n) is 6.84. The highest BCUT2D eigenvalue weighted by Crippen LogP contribution is 2.25. The molecule has 1 N–H and O–H groups in total. The number of rotatable bonds is 6. The highest BCUT2D eigenvalue weighted by molar-refractivity contribution is 5.97. The summed E-state index contributed by atoms with van der Waals surface area (Å²) in [5.41, 5.74) is 3.53. The van der Waals surface area contributed by atoms with Crippen LogP contribution in [0.4, 0.5) is 0 Å². The molecule has 0 aliphatic carbocycles. The number of benzene rings is 2. The van der Waals surface area contributed by atoms with E-state index < -0.39 is 5.97 Å². The third-order valence-corrected chi connectivity index (χ3v) is 4.03. The van der Waals surface area contributed by atoms with Crippen LogP contribution in [0.15, 0.2) is 60.8 Å². The molecule has 0 bridgehead atoms. The van der Waals surface area contributed by atoms with Crippen LogP contribution in [-0.2, 0) is 9.53 Å². The lowest BCUT2D eigenvalue weighted by molar-refractivity contribution is -0.124. The van der Waals surface area contributed by atoms with Crippen molar-refractivity contribution >= 4 is 11.9 Å². The van der Waals surface area contributed by atoms with Crippen molar-refractivity contribution in [3.05, 3.63) is 71.9 Å². The Morgan fingerprint density at radius 1 is 1.11 bits per heavy atom. The van der Waals surface area contributed by atoms with Crippen LogP contribution in [0.3, 0.4) is 0 Å². The second-order valence-corrected chi connectivity index (χ2v) is 6.84. The molecule has 3 rings (SSSR count). The third-order valence-electron chi connectivity index (χ3n) is 4.03. The maximum atomic E-state index is 12.7. The Labute approximate surface area is 164 Å². The number of esters is 1. The number of ether oxygens (including phenoxy) is 1. The van der Waals surface area contributed by atoms with Crippen molar-refractivity contribution in [3.8, 4) is 16.9 Å². The molecule has 0 saturated carbocycles. The van der Waals surface area contributed by atoms with Crippen molar-refractivity contribution in [1.82, 2.24) is 15.1 Å². The summed E-state index contributed by atoms with van der Waals surface area (Å²) < 4.78 is 6.87. The number of aromatic nitrogens is 2. The van der Waals surface area contributed by atoms with Crippen LogP contribution in [0.2, 0.25) is 0 Å². The molecule has 0 aliphatic heterocycles. The fourth-order valence-electron chi connectivity index (χ4n) is 2.81. The van der Waals surface area contributed by atoms with Gasteiger partial charge >= 0.3 is 5.97 Å². The molecule has 2 aromatic carbocycles. The second kappa shape index (κ2) is 8.52. The molecule has 0 spiro atoms. The molecule has 0 fully saturated rings. The highest BCUT2D eigenvalue weighted by Gasteiger charge is 2.21. The Morgan fingerprint density at radius 2 is 1.86 bits per heavy atom. The molecule has 6 heteroatoms. The number of aryl methyl sites for hydroxylation is 1. The summed E-state index contributed by atoms with van der Waals surface area (Å²) in [6, 6.07) is 17.2. The zero-order valence-corrected chi connectivity index (χ0v) is 16.2. The summed E-state index contributed by atoms with van der Waals surface area (Å²) in [6.45, 7) is 5.34. The van der Waals surface area contributed by atoms with E-state index in [2.05, 4.69) is 10.4 Å². The number of nitrogens with zero attached hydrogens (tertiary/aromatic N) is 2. The van der Waals surface area contributed by atoms with Gasteiger partial charge in [-0.3, -0.25) is 4.79 Å². The van der Waals surface area contributed by atoms with Gasteiger partial charge in [0, 0.05) is 17.8 Å². The maximum absolute atomic E-state index is 12.7. The van der Waals surface area contributed by atoms with Crippen LogP contribution in [0.5, 0.6) is 0 Å². The van der Waals surface area contributed by atoms with E-state index in [-0.39, 0.29) is 18.6 Å². The Kier molecular flexibility index (Phi) is 5.89. The number of hydrogen-bond donors (Lipinski definition) is 1. The minimum absolute atomic E-state index is 0.0186. The van der Waals surface area contributed by atoms with Crippen LogP contribution < -0.4 is 5.32 Å². The van der Waals surface area contributed by atoms with E-state index in [1.165, 1.54) is 0 Å². The molecule has 0 saturated heterocycles. The van der Waals surface area contributed by atoms with Gasteiger partial charge in [0.2, 0.25) is 0 Å². The van der Waals surface area contributed by atoms with E-state index in [4.69, 9.17) is 4.74 Å². The Bertz CT molecular complexity index is 978. The van der Waals surface area contributed by atoms with Crippen molar-refractivity contribution in [1.29, 1.82) is 0 Å². The largest absolute Gasteiger partial charge is 0.452 e. The highest BCUT2D eigenvalue weighted by atomic mass is 16.5. The number of nitrogens with one attached hydrogen (secondary N) is 1. The molecular formula is C22H23N3O3. The quantitative estimate of drug-likeness (QED) is 0.667. The minimum atomic E-state index is -0.586. The van der Waals surface area contributed by atoms with Gasteiger partial charge in [-0.15, -0.1) is 0 Å². The smallest absolute Gasteiger partial charge is 0.342 e. The topological polar surface area (TPSA) is 73.2 Å². The SMILES string of the molecule is Cc1cccc(-c2nn(-c3ccccc3)cc2C(=O)OCC(=O)NC(C)C)c1. The van der Waals surface area contributed by atoms with Crippen LogP contribution in [0.1, 0.15) is 29.8 Å². The normalized spacial score (nSPS) is 10.7. The van der Waals surface area contributed by atoms with Gasteiger partial charge in [0.25, 0.3) is 5.91 Å². The van der Waals surface area contributed by atoms with Gasteiger partial charge < -0.3 is 10.1 Å². The van der Waals surface area contributed by atoms with Gasteiger partial charge in [-0.25, -0.2) is 9.48 Å². The summed E-state index contributed by atoms with van der Waals surface area (Å²) in [5.74, 6) is -0.923. The molecule has 1 amide bonds. The van der Waals surface area contributed by atoms with E-state index in [9.17, 15) is 9.59 Å². The maximum Gasteiger partial charge on any atom is 0.342 e. The molecule has 1 aromatic heterocycles. The summed E-state index contributed by atoms with van der Waals surface area (Å²) >= 11 is 0. The molecule has 0 unspecified atom stereocenters. The van der Waals surface area contributed by atoms with E-state index in [1.54, 1.807) is 10.9 Å². The molecule has 28 heavy (non-hydrogen) atoms. The first-order valence-electron chi connectivity index (χ1n) is 9.12. The number of carbonyl (C=O) groups excluding carboxylic acids is 2. The van der Waals surface area contributed by atoms with Gasteiger partial charge in [0.05, 0.1) is 5.69 Å². The van der Waals surface area contributed by atoms with E-state index in [0.29, 0.717) is 11.3 Å². The zero-order valence-electron chi connectivity index (χ0n) is 16.2. The molecule has 1 heterocycles. The van der Waals surface area contributed by atoms with E-state index >= 15 is 0 Å². The lowest BCUT2D eigenvalue weighted by Gasteiger charge is -2.09. The van der Waals surface area contributed by atoms with E-state index in [0.717, 1.165) is 16.8 Å². The number of carbonyl (C=O) groups is 2. The van der Waals surface area contributed by atoms with Crippen molar-refractivity contribution in [2.75, 3.05) is 6.61 Å². The summed E-state index contributed by atoms with van der Waals surface area (Å²) in [6.07, 6.45) is 1.63. The number of para-hydroxylation sites is 1. The monoisotopic (exact) mass is 377 g/mol. The first-order valence-corrected chi connectivity index (χ1v) is 9.12. The average molecular weight is 377 g/mol. The van der Waals surface area contributed by atoms with Gasteiger partial charge in [-0.2, -0.15) is 5.10 Å². The van der Waals surface area contributed by atoms with Gasteiger partial charge in [-0.05, 0) is 39.0 Å². The summed E-state index contributed by atoms with van der Waals surface area (Å²) in [4.78, 5) is 24.5. The Hall–Kier alpha value is -3.41. The van der Waals surface area contributed by atoms with Crippen LogP contribution in [0.25, 0.3) is 16.9 Å².